The van der Waals surface area contributed by atoms with Gasteiger partial charge < -0.3 is 10.6 Å². The molecule has 1 heterocycles. The lowest BCUT2D eigenvalue weighted by atomic mass is 10.1. The quantitative estimate of drug-likeness (QED) is 0.923. The van der Waals surface area contributed by atoms with Crippen LogP contribution in [-0.2, 0) is 6.54 Å². The van der Waals surface area contributed by atoms with E-state index in [4.69, 9.17) is 11.0 Å². The van der Waals surface area contributed by atoms with Crippen molar-refractivity contribution in [2.75, 3.05) is 11.9 Å². The number of aromatic nitrogens is 1. The van der Waals surface area contributed by atoms with Gasteiger partial charge in [-0.25, -0.2) is 0 Å². The number of anilines is 1. The Balaban J connectivity index is 2.11. The van der Waals surface area contributed by atoms with Crippen LogP contribution < -0.4 is 10.6 Å². The van der Waals surface area contributed by atoms with Crippen molar-refractivity contribution in [3.8, 4) is 6.07 Å². The minimum absolute atomic E-state index is 0.0540. The molecule has 0 aliphatic carbocycles. The van der Waals surface area contributed by atoms with Gasteiger partial charge in [0, 0.05) is 19.6 Å². The number of benzene rings is 1. The van der Waals surface area contributed by atoms with Gasteiger partial charge in [-0.1, -0.05) is 12.1 Å². The highest BCUT2D eigenvalue weighted by Gasteiger charge is 2.05. The van der Waals surface area contributed by atoms with E-state index < -0.39 is 0 Å². The molecule has 4 heteroatoms. The van der Waals surface area contributed by atoms with Gasteiger partial charge in [-0.2, -0.15) is 5.26 Å². The molecule has 1 aromatic heterocycles. The van der Waals surface area contributed by atoms with Gasteiger partial charge in [0.15, 0.2) is 0 Å². The largest absolute Gasteiger partial charge is 0.369 e. The normalized spacial score (nSPS) is 11.7. The maximum Gasteiger partial charge on any atom is 0.0991 e. The van der Waals surface area contributed by atoms with Crippen LogP contribution >= 0.6 is 0 Å². The molecule has 0 radical (unpaired) electrons. The molecule has 0 saturated carbocycles. The third kappa shape index (κ3) is 3.34. The van der Waals surface area contributed by atoms with Gasteiger partial charge in [-0.15, -0.1) is 0 Å². The number of hydrogen-bond donors (Lipinski definition) is 1. The smallest absolute Gasteiger partial charge is 0.0991 e. The van der Waals surface area contributed by atoms with Gasteiger partial charge >= 0.3 is 0 Å². The first-order valence-corrected chi connectivity index (χ1v) is 6.52. The molecule has 0 unspecified atom stereocenters. The zero-order chi connectivity index (χ0) is 14.5. The van der Waals surface area contributed by atoms with Crippen LogP contribution in [0.3, 0.4) is 0 Å². The SMILES string of the molecule is C[C@@H](N)c1ccc(N(C)Cc2cccc(C#N)c2)cn1. The molecule has 2 rings (SSSR count). The Morgan fingerprint density at radius 2 is 2.15 bits per heavy atom. The summed E-state index contributed by atoms with van der Waals surface area (Å²) in [6.45, 7) is 2.65. The Morgan fingerprint density at radius 1 is 1.35 bits per heavy atom. The van der Waals surface area contributed by atoms with E-state index in [0.717, 1.165) is 23.5 Å². The summed E-state index contributed by atoms with van der Waals surface area (Å²) in [4.78, 5) is 6.45. The summed E-state index contributed by atoms with van der Waals surface area (Å²) in [7, 11) is 2.00. The Bertz CT molecular complexity index is 611. The Labute approximate surface area is 119 Å². The number of rotatable bonds is 4. The van der Waals surface area contributed by atoms with E-state index in [1.165, 1.54) is 0 Å². The van der Waals surface area contributed by atoms with Gasteiger partial charge in [0.1, 0.15) is 0 Å². The van der Waals surface area contributed by atoms with Gasteiger partial charge in [0.05, 0.1) is 29.2 Å². The molecule has 0 bridgehead atoms. The van der Waals surface area contributed by atoms with Crippen LogP contribution in [0.15, 0.2) is 42.6 Å². The highest BCUT2D eigenvalue weighted by Crippen LogP contribution is 2.17. The van der Waals surface area contributed by atoms with E-state index in [2.05, 4.69) is 16.0 Å². The van der Waals surface area contributed by atoms with Crippen molar-refractivity contribution in [3.05, 3.63) is 59.4 Å². The maximum atomic E-state index is 8.91. The number of nitrogens with zero attached hydrogens (tertiary/aromatic N) is 3. The molecule has 1 atom stereocenters. The van der Waals surface area contributed by atoms with Gasteiger partial charge in [0.25, 0.3) is 0 Å². The average Bonchev–Trinajstić information content (AvgIpc) is 2.47. The Morgan fingerprint density at radius 3 is 2.75 bits per heavy atom. The molecule has 0 spiro atoms. The molecule has 2 aromatic rings. The fraction of sp³-hybridized carbons (Fsp3) is 0.250. The minimum Gasteiger partial charge on any atom is -0.369 e. The van der Waals surface area contributed by atoms with Crippen LogP contribution in [0.25, 0.3) is 0 Å². The summed E-state index contributed by atoms with van der Waals surface area (Å²) >= 11 is 0. The number of nitriles is 1. The summed E-state index contributed by atoms with van der Waals surface area (Å²) in [5.41, 5.74) is 9.48. The van der Waals surface area contributed by atoms with Crippen LogP contribution in [-0.4, -0.2) is 12.0 Å². The Kier molecular flexibility index (Phi) is 4.34. The lowest BCUT2D eigenvalue weighted by Gasteiger charge is -2.19. The first-order chi connectivity index (χ1) is 9.60. The van der Waals surface area contributed by atoms with Crippen molar-refractivity contribution in [1.29, 1.82) is 5.26 Å². The molecule has 0 fully saturated rings. The lowest BCUT2D eigenvalue weighted by molar-refractivity contribution is 0.779. The number of nitrogens with two attached hydrogens (primary N) is 1. The van der Waals surface area contributed by atoms with Crippen LogP contribution in [0.2, 0.25) is 0 Å². The summed E-state index contributed by atoms with van der Waals surface area (Å²) < 4.78 is 0. The van der Waals surface area contributed by atoms with E-state index >= 15 is 0 Å². The highest BCUT2D eigenvalue weighted by molar-refractivity contribution is 5.45. The lowest BCUT2D eigenvalue weighted by Crippen LogP contribution is -2.17. The molecule has 2 N–H and O–H groups in total. The second kappa shape index (κ2) is 6.18. The molecule has 0 saturated heterocycles. The Hall–Kier alpha value is -2.38. The molecule has 0 aliphatic rings. The second-order valence-corrected chi connectivity index (χ2v) is 4.90. The van der Waals surface area contributed by atoms with Crippen molar-refractivity contribution in [2.24, 2.45) is 5.73 Å². The second-order valence-electron chi connectivity index (χ2n) is 4.90. The molecule has 102 valence electrons. The minimum atomic E-state index is -0.0540. The van der Waals surface area contributed by atoms with Crippen LogP contribution in [0.4, 0.5) is 5.69 Å². The molecular formula is C16H18N4. The van der Waals surface area contributed by atoms with Crippen molar-refractivity contribution < 1.29 is 0 Å². The predicted molar refractivity (Wildman–Crippen MR) is 80.1 cm³/mol. The summed E-state index contributed by atoms with van der Waals surface area (Å²) in [5, 5.41) is 8.91. The van der Waals surface area contributed by atoms with E-state index in [1.54, 1.807) is 0 Å². The summed E-state index contributed by atoms with van der Waals surface area (Å²) in [5.74, 6) is 0. The molecule has 4 nitrogen and oxygen atoms in total. The standard InChI is InChI=1S/C16H18N4/c1-12(18)16-7-6-15(10-19-16)20(2)11-14-5-3-4-13(8-14)9-17/h3-8,10,12H,11,18H2,1-2H3/t12-/m1/s1. The van der Waals surface area contributed by atoms with Crippen LogP contribution in [0, 0.1) is 11.3 Å². The predicted octanol–water partition coefficient (Wildman–Crippen LogP) is 2.61. The monoisotopic (exact) mass is 266 g/mol. The van der Waals surface area contributed by atoms with Gasteiger partial charge in [-0.3, -0.25) is 4.98 Å². The molecule has 20 heavy (non-hydrogen) atoms. The van der Waals surface area contributed by atoms with Crippen molar-refractivity contribution in [1.82, 2.24) is 4.98 Å². The maximum absolute atomic E-state index is 8.91. The zero-order valence-electron chi connectivity index (χ0n) is 11.7. The summed E-state index contributed by atoms with van der Waals surface area (Å²) in [6, 6.07) is 13.7. The van der Waals surface area contributed by atoms with E-state index in [0.29, 0.717) is 5.56 Å². The highest BCUT2D eigenvalue weighted by atomic mass is 15.1. The van der Waals surface area contributed by atoms with Crippen LogP contribution in [0.5, 0.6) is 0 Å². The van der Waals surface area contributed by atoms with Crippen molar-refractivity contribution in [3.63, 3.8) is 0 Å². The van der Waals surface area contributed by atoms with E-state index in [1.807, 2.05) is 56.6 Å². The fourth-order valence-corrected chi connectivity index (χ4v) is 2.00. The summed E-state index contributed by atoms with van der Waals surface area (Å²) in [6.07, 6.45) is 1.83. The van der Waals surface area contributed by atoms with Gasteiger partial charge in [-0.05, 0) is 36.8 Å². The number of hydrogen-bond acceptors (Lipinski definition) is 4. The van der Waals surface area contributed by atoms with Crippen molar-refractivity contribution in [2.45, 2.75) is 19.5 Å². The molecule has 0 amide bonds. The third-order valence-corrected chi connectivity index (χ3v) is 3.15. The van der Waals surface area contributed by atoms with E-state index in [-0.39, 0.29) is 6.04 Å². The van der Waals surface area contributed by atoms with E-state index in [9.17, 15) is 0 Å². The first-order valence-electron chi connectivity index (χ1n) is 6.52. The third-order valence-electron chi connectivity index (χ3n) is 3.15. The number of pyridine rings is 1. The zero-order valence-corrected chi connectivity index (χ0v) is 11.7. The molecule has 0 aliphatic heterocycles. The molecular weight excluding hydrogens is 248 g/mol. The fourth-order valence-electron chi connectivity index (χ4n) is 2.00. The average molecular weight is 266 g/mol. The first kappa shape index (κ1) is 14.0. The van der Waals surface area contributed by atoms with Gasteiger partial charge in [0.2, 0.25) is 0 Å². The van der Waals surface area contributed by atoms with Crippen LogP contribution in [0.1, 0.15) is 29.8 Å². The van der Waals surface area contributed by atoms with Crippen molar-refractivity contribution >= 4 is 5.69 Å². The molecule has 1 aromatic carbocycles. The topological polar surface area (TPSA) is 65.9 Å².